The van der Waals surface area contributed by atoms with E-state index < -0.39 is 0 Å². The summed E-state index contributed by atoms with van der Waals surface area (Å²) in [6.45, 7) is 3.32. The van der Waals surface area contributed by atoms with Crippen molar-refractivity contribution in [2.45, 2.75) is 19.0 Å². The topological polar surface area (TPSA) is 104 Å². The molecule has 0 aromatic heterocycles. The molecule has 2 aliphatic rings. The Labute approximate surface area is 127 Å². The van der Waals surface area contributed by atoms with Crippen LogP contribution in [0.15, 0.2) is 18.2 Å². The van der Waals surface area contributed by atoms with Crippen molar-refractivity contribution in [2.75, 3.05) is 25.0 Å². The van der Waals surface area contributed by atoms with E-state index >= 15 is 0 Å². The third-order valence-electron chi connectivity index (χ3n) is 3.64. The van der Waals surface area contributed by atoms with E-state index in [9.17, 15) is 9.59 Å². The molecule has 3 amide bonds. The van der Waals surface area contributed by atoms with E-state index in [1.54, 1.807) is 6.07 Å². The lowest BCUT2D eigenvalue weighted by Crippen LogP contribution is -2.45. The van der Waals surface area contributed by atoms with Crippen LogP contribution in [0.5, 0.6) is 5.75 Å². The molecular weight excluding hydrogens is 286 g/mol. The van der Waals surface area contributed by atoms with Crippen LogP contribution in [0.1, 0.15) is 18.5 Å². The number of hydrogen-bond donors (Lipinski definition) is 5. The minimum absolute atomic E-state index is 0.0337. The summed E-state index contributed by atoms with van der Waals surface area (Å²) in [6, 6.07) is 5.15. The van der Waals surface area contributed by atoms with Gasteiger partial charge in [0.05, 0.1) is 17.8 Å². The van der Waals surface area contributed by atoms with Crippen LogP contribution in [-0.2, 0) is 4.79 Å². The minimum atomic E-state index is -0.221. The number of anilines is 1. The normalized spacial score (nSPS) is 18.9. The fourth-order valence-electron chi connectivity index (χ4n) is 2.44. The second kappa shape index (κ2) is 6.20. The fourth-order valence-corrected chi connectivity index (χ4v) is 2.44. The van der Waals surface area contributed by atoms with E-state index in [1.165, 1.54) is 0 Å². The van der Waals surface area contributed by atoms with Gasteiger partial charge in [0.1, 0.15) is 5.75 Å². The largest absolute Gasteiger partial charge is 0.482 e. The Morgan fingerprint density at radius 3 is 2.91 bits per heavy atom. The summed E-state index contributed by atoms with van der Waals surface area (Å²) in [4.78, 5) is 23.3. The molecule has 0 spiro atoms. The zero-order valence-electron chi connectivity index (χ0n) is 12.2. The number of benzene rings is 1. The highest BCUT2D eigenvalue weighted by molar-refractivity contribution is 5.95. The zero-order valence-corrected chi connectivity index (χ0v) is 12.2. The summed E-state index contributed by atoms with van der Waals surface area (Å²) >= 11 is 0. The summed E-state index contributed by atoms with van der Waals surface area (Å²) in [5.74, 6) is 0.465. The summed E-state index contributed by atoms with van der Waals surface area (Å²) in [7, 11) is 0. The summed E-state index contributed by atoms with van der Waals surface area (Å²) in [6.07, 6.45) is 0. The molecule has 8 heteroatoms. The van der Waals surface area contributed by atoms with Crippen LogP contribution in [0.3, 0.4) is 0 Å². The van der Waals surface area contributed by atoms with Crippen molar-refractivity contribution in [1.82, 2.24) is 21.5 Å². The molecule has 118 valence electrons. The number of ether oxygens (including phenoxy) is 1. The number of amides is 3. The molecule has 2 heterocycles. The van der Waals surface area contributed by atoms with Crippen molar-refractivity contribution >= 4 is 17.6 Å². The van der Waals surface area contributed by atoms with Crippen LogP contribution in [0, 0.1) is 0 Å². The summed E-state index contributed by atoms with van der Waals surface area (Å²) < 4.78 is 5.31. The van der Waals surface area contributed by atoms with Crippen LogP contribution >= 0.6 is 0 Å². The number of urea groups is 1. The number of carbonyl (C=O) groups excluding carboxylic acids is 2. The standard InChI is InChI=1S/C14H19N5O3/c1-8(17-14(21)18-10-5-15-16-6-10)9-2-3-12-11(4-9)19-13(20)7-22-12/h2-4,8,10,15-16H,5-7H2,1H3,(H,19,20)(H2,17,18,21). The molecule has 0 bridgehead atoms. The molecule has 1 atom stereocenters. The third kappa shape index (κ3) is 3.29. The van der Waals surface area contributed by atoms with Crippen LogP contribution < -0.4 is 31.5 Å². The Balaban J connectivity index is 1.62. The van der Waals surface area contributed by atoms with Crippen molar-refractivity contribution in [1.29, 1.82) is 0 Å². The number of hydrogen-bond acceptors (Lipinski definition) is 5. The van der Waals surface area contributed by atoms with E-state index in [4.69, 9.17) is 4.74 Å². The van der Waals surface area contributed by atoms with Gasteiger partial charge in [-0.1, -0.05) is 6.07 Å². The molecular formula is C14H19N5O3. The maximum Gasteiger partial charge on any atom is 0.315 e. The first-order chi connectivity index (χ1) is 10.6. The number of rotatable bonds is 3. The van der Waals surface area contributed by atoms with Crippen molar-refractivity contribution in [3.8, 4) is 5.75 Å². The van der Waals surface area contributed by atoms with Gasteiger partial charge in [-0.05, 0) is 24.6 Å². The third-order valence-corrected chi connectivity index (χ3v) is 3.64. The van der Waals surface area contributed by atoms with E-state index in [-0.39, 0.29) is 30.6 Å². The highest BCUT2D eigenvalue weighted by Gasteiger charge is 2.20. The van der Waals surface area contributed by atoms with Crippen LogP contribution in [0.25, 0.3) is 0 Å². The van der Waals surface area contributed by atoms with Gasteiger partial charge < -0.3 is 20.7 Å². The average Bonchev–Trinajstić information content (AvgIpc) is 2.99. The Bertz CT molecular complexity index is 586. The lowest BCUT2D eigenvalue weighted by molar-refractivity contribution is -0.118. The van der Waals surface area contributed by atoms with Crippen LogP contribution in [0.4, 0.5) is 10.5 Å². The smallest absolute Gasteiger partial charge is 0.315 e. The molecule has 0 saturated carbocycles. The van der Waals surface area contributed by atoms with Gasteiger partial charge in [0.2, 0.25) is 0 Å². The molecule has 3 rings (SSSR count). The Kier molecular flexibility index (Phi) is 4.12. The van der Waals surface area contributed by atoms with E-state index in [1.807, 2.05) is 19.1 Å². The second-order valence-corrected chi connectivity index (χ2v) is 5.39. The summed E-state index contributed by atoms with van der Waals surface area (Å²) in [5, 5.41) is 8.52. The average molecular weight is 305 g/mol. The molecule has 5 N–H and O–H groups in total. The Morgan fingerprint density at radius 2 is 2.14 bits per heavy atom. The van der Waals surface area contributed by atoms with Gasteiger partial charge >= 0.3 is 6.03 Å². The number of hydrazine groups is 1. The molecule has 0 radical (unpaired) electrons. The highest BCUT2D eigenvalue weighted by atomic mass is 16.5. The van der Waals surface area contributed by atoms with Gasteiger partial charge in [-0.25, -0.2) is 4.79 Å². The van der Waals surface area contributed by atoms with Crippen LogP contribution in [-0.4, -0.2) is 37.7 Å². The van der Waals surface area contributed by atoms with Gasteiger partial charge in [0.25, 0.3) is 5.91 Å². The Morgan fingerprint density at radius 1 is 1.36 bits per heavy atom. The lowest BCUT2D eigenvalue weighted by Gasteiger charge is -2.21. The molecule has 1 unspecified atom stereocenters. The molecule has 0 aliphatic carbocycles. The first-order valence-corrected chi connectivity index (χ1v) is 7.21. The predicted molar refractivity (Wildman–Crippen MR) is 80.4 cm³/mol. The molecule has 22 heavy (non-hydrogen) atoms. The van der Waals surface area contributed by atoms with E-state index in [2.05, 4.69) is 26.8 Å². The molecule has 8 nitrogen and oxygen atoms in total. The zero-order chi connectivity index (χ0) is 15.5. The number of nitrogens with one attached hydrogen (secondary N) is 5. The fraction of sp³-hybridized carbons (Fsp3) is 0.429. The van der Waals surface area contributed by atoms with Crippen molar-refractivity contribution in [2.24, 2.45) is 0 Å². The van der Waals surface area contributed by atoms with Crippen molar-refractivity contribution in [3.63, 3.8) is 0 Å². The molecule has 1 aromatic carbocycles. The molecule has 1 aromatic rings. The van der Waals surface area contributed by atoms with Gasteiger partial charge in [-0.3, -0.25) is 15.6 Å². The molecule has 1 fully saturated rings. The molecule has 2 aliphatic heterocycles. The van der Waals surface area contributed by atoms with Crippen molar-refractivity contribution in [3.05, 3.63) is 23.8 Å². The Hall–Kier alpha value is -2.32. The highest BCUT2D eigenvalue weighted by Crippen LogP contribution is 2.30. The number of carbonyl (C=O) groups is 2. The summed E-state index contributed by atoms with van der Waals surface area (Å²) in [5.41, 5.74) is 7.43. The first kappa shape index (κ1) is 14.6. The SMILES string of the molecule is CC(NC(=O)NC1CNNC1)c1ccc2c(c1)NC(=O)CO2. The lowest BCUT2D eigenvalue weighted by atomic mass is 10.1. The quantitative estimate of drug-likeness (QED) is 0.534. The number of fused-ring (bicyclic) bond motifs is 1. The van der Waals surface area contributed by atoms with Crippen molar-refractivity contribution < 1.29 is 14.3 Å². The second-order valence-electron chi connectivity index (χ2n) is 5.39. The van der Waals surface area contributed by atoms with Crippen LogP contribution in [0.2, 0.25) is 0 Å². The van der Waals surface area contributed by atoms with Gasteiger partial charge in [-0.15, -0.1) is 0 Å². The van der Waals surface area contributed by atoms with Gasteiger partial charge in [0.15, 0.2) is 6.61 Å². The predicted octanol–water partition coefficient (Wildman–Crippen LogP) is -0.146. The first-order valence-electron chi connectivity index (χ1n) is 7.21. The van der Waals surface area contributed by atoms with Gasteiger partial charge in [-0.2, -0.15) is 0 Å². The van der Waals surface area contributed by atoms with E-state index in [0.29, 0.717) is 24.5 Å². The monoisotopic (exact) mass is 305 g/mol. The van der Waals surface area contributed by atoms with Gasteiger partial charge in [0, 0.05) is 13.1 Å². The van der Waals surface area contributed by atoms with E-state index in [0.717, 1.165) is 5.56 Å². The maximum atomic E-state index is 12.0. The molecule has 1 saturated heterocycles. The minimum Gasteiger partial charge on any atom is -0.482 e. The maximum absolute atomic E-state index is 12.0.